The van der Waals surface area contributed by atoms with Crippen LogP contribution in [0.5, 0.6) is 0 Å². The number of hydrogen-bond acceptors (Lipinski definition) is 4. The maximum Gasteiger partial charge on any atom is 0.228 e. The fourth-order valence-electron chi connectivity index (χ4n) is 2.73. The van der Waals surface area contributed by atoms with E-state index in [2.05, 4.69) is 46.2 Å². The summed E-state index contributed by atoms with van der Waals surface area (Å²) in [7, 11) is 0. The molecule has 0 aliphatic heterocycles. The smallest absolute Gasteiger partial charge is 0.228 e. The lowest BCUT2D eigenvalue weighted by Gasteiger charge is -2.27. The second-order valence-electron chi connectivity index (χ2n) is 6.66. The van der Waals surface area contributed by atoms with E-state index >= 15 is 0 Å². The third kappa shape index (κ3) is 4.78. The van der Waals surface area contributed by atoms with E-state index in [4.69, 9.17) is 0 Å². The molecule has 3 aromatic rings. The fraction of sp³-hybridized carbons (Fsp3) is 0.238. The van der Waals surface area contributed by atoms with Crippen LogP contribution in [0.15, 0.2) is 54.6 Å². The van der Waals surface area contributed by atoms with E-state index in [0.29, 0.717) is 24.0 Å². The normalized spacial score (nSPS) is 10.9. The minimum Gasteiger partial charge on any atom is -0.340 e. The largest absolute Gasteiger partial charge is 0.340 e. The highest BCUT2D eigenvalue weighted by molar-refractivity contribution is 5.58. The van der Waals surface area contributed by atoms with Crippen molar-refractivity contribution in [3.05, 3.63) is 77.5 Å². The van der Waals surface area contributed by atoms with Gasteiger partial charge in [0.1, 0.15) is 5.82 Å². The van der Waals surface area contributed by atoms with Crippen LogP contribution in [0.1, 0.15) is 25.1 Å². The van der Waals surface area contributed by atoms with Crippen molar-refractivity contribution in [2.24, 2.45) is 0 Å². The predicted molar refractivity (Wildman–Crippen MR) is 104 cm³/mol. The number of rotatable bonds is 6. The maximum absolute atomic E-state index is 13.5. The average molecular weight is 368 g/mol. The zero-order valence-corrected chi connectivity index (χ0v) is 15.6. The quantitative estimate of drug-likeness (QED) is 0.647. The standard InChI is InChI=1S/C21H22F2N4/c1-14(2)27(13-16-7-5-4-6-8-16)21-24-15(3)11-20(26-21)25-17-9-10-18(22)19(23)12-17/h4-12,14H,13H2,1-3H3,(H,24,25,26). The topological polar surface area (TPSA) is 41.1 Å². The third-order valence-corrected chi connectivity index (χ3v) is 4.11. The van der Waals surface area contributed by atoms with E-state index in [1.807, 2.05) is 25.1 Å². The van der Waals surface area contributed by atoms with Crippen molar-refractivity contribution >= 4 is 17.5 Å². The van der Waals surface area contributed by atoms with E-state index in [9.17, 15) is 8.78 Å². The first kappa shape index (κ1) is 18.8. The first-order valence-corrected chi connectivity index (χ1v) is 8.80. The molecule has 4 nitrogen and oxygen atoms in total. The molecule has 0 atom stereocenters. The summed E-state index contributed by atoms with van der Waals surface area (Å²) in [5.41, 5.74) is 2.37. The van der Waals surface area contributed by atoms with Crippen molar-refractivity contribution in [2.45, 2.75) is 33.4 Å². The molecule has 0 radical (unpaired) electrons. The number of hydrogen-bond donors (Lipinski definition) is 1. The second-order valence-corrected chi connectivity index (χ2v) is 6.66. The highest BCUT2D eigenvalue weighted by Crippen LogP contribution is 2.22. The minimum atomic E-state index is -0.904. The van der Waals surface area contributed by atoms with Gasteiger partial charge in [-0.15, -0.1) is 0 Å². The number of benzene rings is 2. The van der Waals surface area contributed by atoms with Crippen LogP contribution in [0.4, 0.5) is 26.2 Å². The lowest BCUT2D eigenvalue weighted by atomic mass is 10.2. The molecule has 0 aliphatic carbocycles. The zero-order chi connectivity index (χ0) is 19.4. The number of nitrogens with one attached hydrogen (secondary N) is 1. The molecule has 0 unspecified atom stereocenters. The van der Waals surface area contributed by atoms with Crippen molar-refractivity contribution in [3.8, 4) is 0 Å². The summed E-state index contributed by atoms with van der Waals surface area (Å²) in [6.45, 7) is 6.71. The van der Waals surface area contributed by atoms with Gasteiger partial charge in [0, 0.05) is 36.1 Å². The second kappa shape index (κ2) is 8.12. The number of aryl methyl sites for hydroxylation is 1. The molecule has 6 heteroatoms. The van der Waals surface area contributed by atoms with Crippen LogP contribution in [0.2, 0.25) is 0 Å². The molecule has 1 aromatic heterocycles. The zero-order valence-electron chi connectivity index (χ0n) is 15.6. The van der Waals surface area contributed by atoms with Gasteiger partial charge in [-0.05, 0) is 38.5 Å². The van der Waals surface area contributed by atoms with E-state index in [-0.39, 0.29) is 6.04 Å². The Morgan fingerprint density at radius 2 is 1.70 bits per heavy atom. The summed E-state index contributed by atoms with van der Waals surface area (Å²) < 4.78 is 26.6. The van der Waals surface area contributed by atoms with Gasteiger partial charge in [-0.25, -0.2) is 13.8 Å². The Morgan fingerprint density at radius 1 is 0.963 bits per heavy atom. The van der Waals surface area contributed by atoms with Crippen molar-refractivity contribution in [3.63, 3.8) is 0 Å². The van der Waals surface area contributed by atoms with E-state index in [1.165, 1.54) is 6.07 Å². The molecule has 0 aliphatic rings. The van der Waals surface area contributed by atoms with Crippen LogP contribution in [0, 0.1) is 18.6 Å². The molecule has 0 bridgehead atoms. The number of anilines is 3. The summed E-state index contributed by atoms with van der Waals surface area (Å²) in [6.07, 6.45) is 0. The molecular formula is C21H22F2N4. The van der Waals surface area contributed by atoms with Crippen LogP contribution in [0.25, 0.3) is 0 Å². The van der Waals surface area contributed by atoms with Crippen LogP contribution < -0.4 is 10.2 Å². The van der Waals surface area contributed by atoms with Gasteiger partial charge in [0.15, 0.2) is 11.6 Å². The highest BCUT2D eigenvalue weighted by Gasteiger charge is 2.16. The van der Waals surface area contributed by atoms with Crippen LogP contribution in [-0.2, 0) is 6.54 Å². The first-order valence-electron chi connectivity index (χ1n) is 8.80. The molecule has 3 rings (SSSR count). The minimum absolute atomic E-state index is 0.183. The number of nitrogens with zero attached hydrogens (tertiary/aromatic N) is 3. The lowest BCUT2D eigenvalue weighted by molar-refractivity contribution is 0.509. The summed E-state index contributed by atoms with van der Waals surface area (Å²) in [5.74, 6) is -0.672. The van der Waals surface area contributed by atoms with E-state index in [1.54, 1.807) is 6.07 Å². The van der Waals surface area contributed by atoms with Gasteiger partial charge < -0.3 is 10.2 Å². The average Bonchev–Trinajstić information content (AvgIpc) is 2.63. The number of halogens is 2. The summed E-state index contributed by atoms with van der Waals surface area (Å²) in [6, 6.07) is 15.7. The van der Waals surface area contributed by atoms with Gasteiger partial charge in [-0.1, -0.05) is 30.3 Å². The predicted octanol–water partition coefficient (Wildman–Crippen LogP) is 5.22. The molecule has 1 N–H and O–H groups in total. The molecule has 0 spiro atoms. The van der Waals surface area contributed by atoms with E-state index < -0.39 is 11.6 Å². The molecule has 140 valence electrons. The summed E-state index contributed by atoms with van der Waals surface area (Å²) in [4.78, 5) is 11.2. The molecule has 0 saturated heterocycles. The van der Waals surface area contributed by atoms with Gasteiger partial charge >= 0.3 is 0 Å². The molecule has 0 amide bonds. The number of aromatic nitrogens is 2. The molecule has 2 aromatic carbocycles. The van der Waals surface area contributed by atoms with Crippen molar-refractivity contribution in [1.82, 2.24) is 9.97 Å². The molecule has 0 fully saturated rings. The van der Waals surface area contributed by atoms with Gasteiger partial charge in [0.05, 0.1) is 0 Å². The molecular weight excluding hydrogens is 346 g/mol. The Balaban J connectivity index is 1.89. The van der Waals surface area contributed by atoms with Gasteiger partial charge in [-0.3, -0.25) is 0 Å². The maximum atomic E-state index is 13.5. The molecule has 27 heavy (non-hydrogen) atoms. The SMILES string of the molecule is Cc1cc(Nc2ccc(F)c(F)c2)nc(N(Cc2ccccc2)C(C)C)n1. The fourth-order valence-corrected chi connectivity index (χ4v) is 2.73. The van der Waals surface area contributed by atoms with Crippen molar-refractivity contribution in [2.75, 3.05) is 10.2 Å². The third-order valence-electron chi connectivity index (χ3n) is 4.11. The first-order chi connectivity index (χ1) is 12.9. The Kier molecular flexibility index (Phi) is 5.64. The Bertz CT molecular complexity index is 913. The highest BCUT2D eigenvalue weighted by atomic mass is 19.2. The lowest BCUT2D eigenvalue weighted by Crippen LogP contribution is -2.32. The van der Waals surface area contributed by atoms with Crippen LogP contribution >= 0.6 is 0 Å². The summed E-state index contributed by atoms with van der Waals surface area (Å²) in [5, 5.41) is 3.03. The van der Waals surface area contributed by atoms with Gasteiger partial charge in [-0.2, -0.15) is 4.98 Å². The van der Waals surface area contributed by atoms with Crippen LogP contribution in [0.3, 0.4) is 0 Å². The van der Waals surface area contributed by atoms with Crippen molar-refractivity contribution < 1.29 is 8.78 Å². The molecule has 1 heterocycles. The van der Waals surface area contributed by atoms with Crippen molar-refractivity contribution in [1.29, 1.82) is 0 Å². The molecule has 0 saturated carbocycles. The Labute approximate surface area is 157 Å². The van der Waals surface area contributed by atoms with Gasteiger partial charge in [0.2, 0.25) is 5.95 Å². The Hall–Kier alpha value is -3.02. The Morgan fingerprint density at radius 3 is 2.37 bits per heavy atom. The van der Waals surface area contributed by atoms with Crippen LogP contribution in [-0.4, -0.2) is 16.0 Å². The monoisotopic (exact) mass is 368 g/mol. The summed E-state index contributed by atoms with van der Waals surface area (Å²) >= 11 is 0. The van der Waals surface area contributed by atoms with Gasteiger partial charge in [0.25, 0.3) is 0 Å². The van der Waals surface area contributed by atoms with E-state index in [0.717, 1.165) is 23.4 Å².